The highest BCUT2D eigenvalue weighted by Crippen LogP contribution is 2.32. The number of aliphatic hydroxyl groups is 1. The van der Waals surface area contributed by atoms with E-state index in [2.05, 4.69) is 0 Å². The largest absolute Gasteiger partial charge is 0.504 e. The average Bonchev–Trinajstić information content (AvgIpc) is 2.83. The van der Waals surface area contributed by atoms with Crippen molar-refractivity contribution in [3.63, 3.8) is 0 Å². The van der Waals surface area contributed by atoms with E-state index >= 15 is 0 Å². The van der Waals surface area contributed by atoms with Gasteiger partial charge in [0.1, 0.15) is 11.3 Å². The number of hydrogen-bond acceptors (Lipinski definition) is 4. The molecule has 0 saturated heterocycles. The molecule has 0 bridgehead atoms. The fourth-order valence-electron chi connectivity index (χ4n) is 2.23. The van der Waals surface area contributed by atoms with Crippen molar-refractivity contribution in [2.24, 2.45) is 0 Å². The summed E-state index contributed by atoms with van der Waals surface area (Å²) in [6.07, 6.45) is 1.61. The third-order valence-corrected chi connectivity index (χ3v) is 3.35. The van der Waals surface area contributed by atoms with Gasteiger partial charge in [0, 0.05) is 0 Å². The maximum atomic E-state index is 12.0. The van der Waals surface area contributed by atoms with E-state index in [4.69, 9.17) is 9.47 Å². The minimum absolute atomic E-state index is 0.146. The molecule has 1 aliphatic heterocycles. The second-order valence-corrected chi connectivity index (χ2v) is 4.76. The summed E-state index contributed by atoms with van der Waals surface area (Å²) in [6, 6.07) is 16.2. The van der Waals surface area contributed by atoms with Crippen LogP contribution in [0.5, 0.6) is 5.75 Å². The van der Waals surface area contributed by atoms with Crippen molar-refractivity contribution in [3.8, 4) is 5.75 Å². The van der Waals surface area contributed by atoms with Crippen molar-refractivity contribution < 1.29 is 19.4 Å². The molecule has 0 unspecified atom stereocenters. The number of rotatable bonds is 3. The fraction of sp³-hybridized carbons (Fsp3) is 0.0556. The number of carbonyl (C=O) groups excluding carboxylic acids is 1. The molecule has 4 nitrogen and oxygen atoms in total. The van der Waals surface area contributed by atoms with Gasteiger partial charge in [0.25, 0.3) is 0 Å². The molecule has 0 spiro atoms. The second-order valence-electron chi connectivity index (χ2n) is 4.76. The molecule has 0 aliphatic carbocycles. The number of hydrogen-bond donors (Lipinski definition) is 1. The molecule has 0 aromatic heterocycles. The van der Waals surface area contributed by atoms with Gasteiger partial charge in [-0.1, -0.05) is 42.5 Å². The van der Waals surface area contributed by atoms with Gasteiger partial charge in [-0.25, -0.2) is 4.79 Å². The SMILES string of the molecule is COc1ccc(/C=C2\OC(=O)C(c3ccccc3)=C2O)cc1. The summed E-state index contributed by atoms with van der Waals surface area (Å²) in [5, 5.41) is 10.3. The predicted octanol–water partition coefficient (Wildman–Crippen LogP) is 3.56. The van der Waals surface area contributed by atoms with Gasteiger partial charge < -0.3 is 14.6 Å². The van der Waals surface area contributed by atoms with Crippen molar-refractivity contribution in [1.82, 2.24) is 0 Å². The molecule has 1 heterocycles. The van der Waals surface area contributed by atoms with Crippen molar-refractivity contribution in [1.29, 1.82) is 0 Å². The zero-order chi connectivity index (χ0) is 15.5. The van der Waals surface area contributed by atoms with Crippen LogP contribution >= 0.6 is 0 Å². The molecule has 0 fully saturated rings. The summed E-state index contributed by atoms with van der Waals surface area (Å²) in [5.74, 6) is 0.180. The molecule has 110 valence electrons. The number of ether oxygens (including phenoxy) is 2. The van der Waals surface area contributed by atoms with Crippen LogP contribution in [0.3, 0.4) is 0 Å². The van der Waals surface area contributed by atoms with Gasteiger partial charge in [-0.2, -0.15) is 0 Å². The Labute approximate surface area is 127 Å². The van der Waals surface area contributed by atoms with Crippen molar-refractivity contribution in [3.05, 3.63) is 77.2 Å². The Morgan fingerprint density at radius 2 is 1.73 bits per heavy atom. The molecule has 4 heteroatoms. The summed E-state index contributed by atoms with van der Waals surface area (Å²) >= 11 is 0. The molecule has 22 heavy (non-hydrogen) atoms. The van der Waals surface area contributed by atoms with Gasteiger partial charge in [0.15, 0.2) is 11.5 Å². The quantitative estimate of drug-likeness (QED) is 0.879. The lowest BCUT2D eigenvalue weighted by atomic mass is 10.1. The number of cyclic esters (lactones) is 1. The van der Waals surface area contributed by atoms with Gasteiger partial charge >= 0.3 is 5.97 Å². The highest BCUT2D eigenvalue weighted by molar-refractivity contribution is 6.20. The molecular formula is C18H14O4. The van der Waals surface area contributed by atoms with Crippen LogP contribution in [0.4, 0.5) is 0 Å². The van der Waals surface area contributed by atoms with E-state index in [0.29, 0.717) is 5.56 Å². The molecule has 0 atom stereocenters. The third-order valence-electron chi connectivity index (χ3n) is 3.35. The van der Waals surface area contributed by atoms with Crippen LogP contribution < -0.4 is 4.74 Å². The van der Waals surface area contributed by atoms with Crippen molar-refractivity contribution >= 4 is 17.6 Å². The van der Waals surface area contributed by atoms with E-state index in [0.717, 1.165) is 11.3 Å². The number of carbonyl (C=O) groups is 1. The Hall–Kier alpha value is -3.01. The number of aliphatic hydroxyl groups excluding tert-OH is 1. The lowest BCUT2D eigenvalue weighted by Gasteiger charge is -2.01. The van der Waals surface area contributed by atoms with Crippen LogP contribution in [-0.2, 0) is 9.53 Å². The van der Waals surface area contributed by atoms with Crippen molar-refractivity contribution in [2.75, 3.05) is 7.11 Å². The van der Waals surface area contributed by atoms with Gasteiger partial charge in [-0.3, -0.25) is 0 Å². The number of esters is 1. The summed E-state index contributed by atoms with van der Waals surface area (Å²) in [7, 11) is 1.59. The van der Waals surface area contributed by atoms with Gasteiger partial charge in [0.05, 0.1) is 7.11 Å². The van der Waals surface area contributed by atoms with E-state index in [-0.39, 0.29) is 17.1 Å². The van der Waals surface area contributed by atoms with E-state index in [1.165, 1.54) is 0 Å². The smallest absolute Gasteiger partial charge is 0.348 e. The zero-order valence-corrected chi connectivity index (χ0v) is 11.9. The first-order chi connectivity index (χ1) is 10.7. The summed E-state index contributed by atoms with van der Waals surface area (Å²) in [5.41, 5.74) is 1.60. The van der Waals surface area contributed by atoms with E-state index in [9.17, 15) is 9.90 Å². The first kappa shape index (κ1) is 13.9. The molecule has 2 aromatic rings. The summed E-state index contributed by atoms with van der Waals surface area (Å²) in [4.78, 5) is 12.0. The standard InChI is InChI=1S/C18H14O4/c1-21-14-9-7-12(8-10-14)11-15-17(19)16(18(20)22-15)13-5-3-2-4-6-13/h2-11,19H,1H3/b15-11-. The van der Waals surface area contributed by atoms with Crippen LogP contribution in [0.2, 0.25) is 0 Å². The molecule has 3 rings (SSSR count). The maximum Gasteiger partial charge on any atom is 0.348 e. The highest BCUT2D eigenvalue weighted by Gasteiger charge is 2.30. The second kappa shape index (κ2) is 5.77. The minimum Gasteiger partial charge on any atom is -0.504 e. The van der Waals surface area contributed by atoms with Crippen LogP contribution in [0.25, 0.3) is 11.6 Å². The van der Waals surface area contributed by atoms with Crippen LogP contribution in [0.15, 0.2) is 66.1 Å². The molecular weight excluding hydrogens is 280 g/mol. The molecule has 0 radical (unpaired) electrons. The van der Waals surface area contributed by atoms with Crippen LogP contribution in [0.1, 0.15) is 11.1 Å². The number of benzene rings is 2. The monoisotopic (exact) mass is 294 g/mol. The topological polar surface area (TPSA) is 55.8 Å². The Kier molecular flexibility index (Phi) is 3.66. The first-order valence-corrected chi connectivity index (χ1v) is 6.76. The lowest BCUT2D eigenvalue weighted by Crippen LogP contribution is -1.98. The van der Waals surface area contributed by atoms with E-state index in [1.54, 1.807) is 49.6 Å². The first-order valence-electron chi connectivity index (χ1n) is 6.76. The maximum absolute atomic E-state index is 12.0. The fourth-order valence-corrected chi connectivity index (χ4v) is 2.23. The molecule has 1 aliphatic rings. The zero-order valence-electron chi connectivity index (χ0n) is 11.9. The molecule has 2 aromatic carbocycles. The third kappa shape index (κ3) is 2.59. The Morgan fingerprint density at radius 1 is 1.05 bits per heavy atom. The molecule has 0 amide bonds. The summed E-state index contributed by atoms with van der Waals surface area (Å²) < 4.78 is 10.3. The normalized spacial score (nSPS) is 16.0. The van der Waals surface area contributed by atoms with E-state index < -0.39 is 5.97 Å². The lowest BCUT2D eigenvalue weighted by molar-refractivity contribution is -0.131. The predicted molar refractivity (Wildman–Crippen MR) is 83.1 cm³/mol. The Balaban J connectivity index is 1.97. The Morgan fingerprint density at radius 3 is 2.36 bits per heavy atom. The van der Waals surface area contributed by atoms with Crippen LogP contribution in [0, 0.1) is 0 Å². The van der Waals surface area contributed by atoms with Gasteiger partial charge in [-0.15, -0.1) is 0 Å². The summed E-state index contributed by atoms with van der Waals surface area (Å²) in [6.45, 7) is 0. The average molecular weight is 294 g/mol. The Bertz CT molecular complexity index is 755. The molecule has 1 N–H and O–H groups in total. The van der Waals surface area contributed by atoms with E-state index in [1.807, 2.05) is 18.2 Å². The van der Waals surface area contributed by atoms with Crippen LogP contribution in [-0.4, -0.2) is 18.2 Å². The molecule has 0 saturated carbocycles. The highest BCUT2D eigenvalue weighted by atomic mass is 16.6. The van der Waals surface area contributed by atoms with Gasteiger partial charge in [-0.05, 0) is 29.3 Å². The van der Waals surface area contributed by atoms with Crippen molar-refractivity contribution in [2.45, 2.75) is 0 Å². The number of methoxy groups -OCH3 is 1. The van der Waals surface area contributed by atoms with Gasteiger partial charge in [0.2, 0.25) is 0 Å². The minimum atomic E-state index is -0.552.